The van der Waals surface area contributed by atoms with Gasteiger partial charge in [-0.2, -0.15) is 0 Å². The molecule has 7 nitrogen and oxygen atoms in total. The molecule has 1 amide bonds. The zero-order chi connectivity index (χ0) is 22.4. The van der Waals surface area contributed by atoms with Crippen LogP contribution in [-0.2, 0) is 23.4 Å². The van der Waals surface area contributed by atoms with Crippen molar-refractivity contribution in [2.45, 2.75) is 45.1 Å². The van der Waals surface area contributed by atoms with E-state index in [1.165, 1.54) is 6.07 Å². The zero-order valence-corrected chi connectivity index (χ0v) is 18.9. The number of sulfone groups is 1. The molecule has 0 atom stereocenters. The summed E-state index contributed by atoms with van der Waals surface area (Å²) in [5.41, 5.74) is 3.66. The van der Waals surface area contributed by atoms with Crippen LogP contribution in [0.1, 0.15) is 52.5 Å². The van der Waals surface area contributed by atoms with E-state index in [2.05, 4.69) is 10.3 Å². The zero-order valence-electron chi connectivity index (χ0n) is 18.1. The number of aromatic amines is 1. The predicted octanol–water partition coefficient (Wildman–Crippen LogP) is 2.94. The number of hydrogen-bond donors (Lipinski definition) is 2. The van der Waals surface area contributed by atoms with Crippen molar-refractivity contribution in [3.63, 3.8) is 0 Å². The lowest BCUT2D eigenvalue weighted by molar-refractivity contribution is 0.0952. The Bertz CT molecular complexity index is 1310. The molecule has 0 unspecified atom stereocenters. The highest BCUT2D eigenvalue weighted by atomic mass is 32.2. The molecule has 1 aromatic carbocycles. The Balaban J connectivity index is 2.10. The van der Waals surface area contributed by atoms with Crippen molar-refractivity contribution in [2.24, 2.45) is 7.05 Å². The molecule has 2 heterocycles. The van der Waals surface area contributed by atoms with Gasteiger partial charge in [0.15, 0.2) is 9.84 Å². The Morgan fingerprint density at radius 2 is 1.87 bits per heavy atom. The Kier molecular flexibility index (Phi) is 5.64. The maximum atomic E-state index is 13.1. The van der Waals surface area contributed by atoms with E-state index in [1.54, 1.807) is 13.0 Å². The number of carbonyl (C=O) groups excluding carboxylic acids is 1. The van der Waals surface area contributed by atoms with Gasteiger partial charge < -0.3 is 14.9 Å². The average Bonchev–Trinajstić information content (AvgIpc) is 2.96. The van der Waals surface area contributed by atoms with Gasteiger partial charge in [0.05, 0.1) is 16.0 Å². The third kappa shape index (κ3) is 4.05. The summed E-state index contributed by atoms with van der Waals surface area (Å²) >= 11 is 0. The van der Waals surface area contributed by atoms with E-state index in [1.807, 2.05) is 44.6 Å². The highest BCUT2D eigenvalue weighted by Gasteiger charge is 2.22. The van der Waals surface area contributed by atoms with E-state index in [0.717, 1.165) is 28.5 Å². The molecule has 30 heavy (non-hydrogen) atoms. The lowest BCUT2D eigenvalue weighted by atomic mass is 10.0. The first kappa shape index (κ1) is 21.8. The molecule has 2 N–H and O–H groups in total. The fraction of sp³-hybridized carbons (Fsp3) is 0.364. The highest BCUT2D eigenvalue weighted by Crippen LogP contribution is 2.32. The van der Waals surface area contributed by atoms with Gasteiger partial charge >= 0.3 is 0 Å². The number of aryl methyl sites for hydroxylation is 3. The van der Waals surface area contributed by atoms with Gasteiger partial charge in [-0.15, -0.1) is 0 Å². The maximum Gasteiger partial charge on any atom is 0.253 e. The lowest BCUT2D eigenvalue weighted by Gasteiger charge is -2.12. The Morgan fingerprint density at radius 3 is 2.43 bits per heavy atom. The molecule has 2 aromatic heterocycles. The summed E-state index contributed by atoms with van der Waals surface area (Å²) in [6.07, 6.45) is 3.05. The summed E-state index contributed by atoms with van der Waals surface area (Å²) in [5.74, 6) is -0.269. The van der Waals surface area contributed by atoms with Crippen LogP contribution < -0.4 is 10.9 Å². The smallest absolute Gasteiger partial charge is 0.253 e. The number of fused-ring (bicyclic) bond motifs is 1. The van der Waals surface area contributed by atoms with E-state index in [-0.39, 0.29) is 28.5 Å². The van der Waals surface area contributed by atoms with Gasteiger partial charge in [-0.1, -0.05) is 13.8 Å². The van der Waals surface area contributed by atoms with Crippen LogP contribution in [0.25, 0.3) is 10.9 Å². The Morgan fingerprint density at radius 1 is 1.20 bits per heavy atom. The summed E-state index contributed by atoms with van der Waals surface area (Å²) < 4.78 is 26.4. The van der Waals surface area contributed by atoms with Crippen LogP contribution in [0, 0.1) is 13.8 Å². The quantitative estimate of drug-likeness (QED) is 0.651. The molecular formula is C22H27N3O4S. The van der Waals surface area contributed by atoms with Gasteiger partial charge in [-0.25, -0.2) is 8.42 Å². The second-order valence-electron chi connectivity index (χ2n) is 8.11. The van der Waals surface area contributed by atoms with Crippen LogP contribution in [0.5, 0.6) is 0 Å². The number of carbonyl (C=O) groups is 1. The van der Waals surface area contributed by atoms with E-state index in [4.69, 9.17) is 0 Å². The van der Waals surface area contributed by atoms with Gasteiger partial charge in [0.1, 0.15) is 0 Å². The third-order valence-corrected chi connectivity index (χ3v) is 6.39. The normalized spacial score (nSPS) is 12.0. The first-order chi connectivity index (χ1) is 13.9. The largest absolute Gasteiger partial charge is 0.350 e. The van der Waals surface area contributed by atoms with Crippen LogP contribution in [0.3, 0.4) is 0 Å². The van der Waals surface area contributed by atoms with Crippen molar-refractivity contribution in [3.05, 3.63) is 62.7 Å². The van der Waals surface area contributed by atoms with E-state index < -0.39 is 15.7 Å². The molecule has 3 aromatic rings. The minimum atomic E-state index is -3.51. The number of aromatic nitrogens is 2. The van der Waals surface area contributed by atoms with Crippen molar-refractivity contribution in [2.75, 3.05) is 6.26 Å². The van der Waals surface area contributed by atoms with Crippen molar-refractivity contribution in [1.82, 2.24) is 14.9 Å². The first-order valence-electron chi connectivity index (χ1n) is 9.70. The third-order valence-electron chi connectivity index (χ3n) is 5.29. The number of hydrogen-bond acceptors (Lipinski definition) is 4. The second kappa shape index (κ2) is 7.75. The first-order valence-corrected chi connectivity index (χ1v) is 11.6. The number of pyridine rings is 1. The Hall–Kier alpha value is -2.87. The molecule has 0 saturated carbocycles. The van der Waals surface area contributed by atoms with Gasteiger partial charge in [0.2, 0.25) is 0 Å². The molecule has 0 fully saturated rings. The molecule has 0 saturated heterocycles. The van der Waals surface area contributed by atoms with Crippen molar-refractivity contribution >= 4 is 26.6 Å². The molecule has 0 aliphatic heterocycles. The summed E-state index contributed by atoms with van der Waals surface area (Å²) in [6.45, 7) is 7.71. The monoisotopic (exact) mass is 429 g/mol. The summed E-state index contributed by atoms with van der Waals surface area (Å²) in [4.78, 5) is 28.2. The fourth-order valence-electron chi connectivity index (χ4n) is 3.76. The number of nitrogens with one attached hydrogen (secondary N) is 2. The van der Waals surface area contributed by atoms with Crippen molar-refractivity contribution in [3.8, 4) is 0 Å². The SMILES string of the molecule is Cc1cc(C)c(CNC(=O)c2cc(S(C)(=O)=O)cc3c(C(C)C)cn(C)c23)c(=O)[nH]1. The van der Waals surface area contributed by atoms with E-state index in [0.29, 0.717) is 11.1 Å². The number of rotatable bonds is 5. The van der Waals surface area contributed by atoms with Crippen LogP contribution in [0.2, 0.25) is 0 Å². The number of H-pyrrole nitrogens is 1. The van der Waals surface area contributed by atoms with Crippen LogP contribution >= 0.6 is 0 Å². The molecule has 0 radical (unpaired) electrons. The topological polar surface area (TPSA) is 101 Å². The van der Waals surface area contributed by atoms with E-state index >= 15 is 0 Å². The molecule has 8 heteroatoms. The van der Waals surface area contributed by atoms with Gasteiger partial charge in [-0.3, -0.25) is 9.59 Å². The molecule has 0 aliphatic rings. The molecule has 0 spiro atoms. The van der Waals surface area contributed by atoms with Gasteiger partial charge in [0.25, 0.3) is 11.5 Å². The summed E-state index contributed by atoms with van der Waals surface area (Å²) in [7, 11) is -1.68. The van der Waals surface area contributed by atoms with Gasteiger partial charge in [0, 0.05) is 42.7 Å². The fourth-order valence-corrected chi connectivity index (χ4v) is 4.43. The van der Waals surface area contributed by atoms with Crippen LogP contribution in [0.15, 0.2) is 34.1 Å². The summed E-state index contributed by atoms with van der Waals surface area (Å²) in [5, 5.41) is 3.53. The highest BCUT2D eigenvalue weighted by molar-refractivity contribution is 7.90. The van der Waals surface area contributed by atoms with Crippen LogP contribution in [0.4, 0.5) is 0 Å². The van der Waals surface area contributed by atoms with Crippen molar-refractivity contribution < 1.29 is 13.2 Å². The van der Waals surface area contributed by atoms with E-state index in [9.17, 15) is 18.0 Å². The Labute approximate surface area is 176 Å². The maximum absolute atomic E-state index is 13.1. The van der Waals surface area contributed by atoms with Crippen molar-refractivity contribution in [1.29, 1.82) is 0 Å². The number of benzene rings is 1. The van der Waals surface area contributed by atoms with Crippen LogP contribution in [-0.4, -0.2) is 30.1 Å². The molecule has 3 rings (SSSR count). The molecule has 160 valence electrons. The average molecular weight is 430 g/mol. The number of nitrogens with zero attached hydrogens (tertiary/aromatic N) is 1. The standard InChI is InChI=1S/C22H27N3O4S/c1-12(2)19-11-25(5)20-16(19)8-15(30(6,28)29)9-17(20)21(26)23-10-18-13(3)7-14(4)24-22(18)27/h7-9,11-12H,10H2,1-6H3,(H,23,26)(H,24,27). The minimum absolute atomic E-state index is 0.0480. The summed E-state index contributed by atoms with van der Waals surface area (Å²) in [6, 6.07) is 4.88. The lowest BCUT2D eigenvalue weighted by Crippen LogP contribution is -2.28. The van der Waals surface area contributed by atoms with Gasteiger partial charge in [-0.05, 0) is 49.1 Å². The molecule has 0 bridgehead atoms. The molecular weight excluding hydrogens is 402 g/mol. The second-order valence-corrected chi connectivity index (χ2v) is 10.1. The number of amides is 1. The molecule has 0 aliphatic carbocycles. The predicted molar refractivity (Wildman–Crippen MR) is 118 cm³/mol. The minimum Gasteiger partial charge on any atom is -0.350 e.